The predicted molar refractivity (Wildman–Crippen MR) is 85.5 cm³/mol. The predicted octanol–water partition coefficient (Wildman–Crippen LogP) is 3.74. The molecule has 5 heteroatoms. The first-order valence-electron chi connectivity index (χ1n) is 7.44. The molecule has 0 aliphatic rings. The summed E-state index contributed by atoms with van der Waals surface area (Å²) in [7, 11) is 3.34. The molecule has 5 nitrogen and oxygen atoms in total. The van der Waals surface area contributed by atoms with Crippen molar-refractivity contribution in [3.8, 4) is 0 Å². The number of nitrogens with zero attached hydrogens (tertiary/aromatic N) is 1. The van der Waals surface area contributed by atoms with Gasteiger partial charge in [-0.15, -0.1) is 0 Å². The Hall–Kier alpha value is -1.59. The van der Waals surface area contributed by atoms with E-state index in [4.69, 9.17) is 14.2 Å². The van der Waals surface area contributed by atoms with Crippen LogP contribution in [-0.2, 0) is 20.8 Å². The van der Waals surface area contributed by atoms with Gasteiger partial charge >= 0.3 is 6.09 Å². The summed E-state index contributed by atoms with van der Waals surface area (Å²) in [6.07, 6.45) is -0.691. The Bertz CT molecular complexity index is 465. The van der Waals surface area contributed by atoms with E-state index >= 15 is 0 Å². The fourth-order valence-electron chi connectivity index (χ4n) is 1.91. The zero-order valence-corrected chi connectivity index (χ0v) is 14.4. The van der Waals surface area contributed by atoms with Crippen LogP contribution in [0.4, 0.5) is 4.79 Å². The molecule has 0 saturated heterocycles. The van der Waals surface area contributed by atoms with Gasteiger partial charge in [-0.1, -0.05) is 24.3 Å². The highest BCUT2D eigenvalue weighted by Gasteiger charge is 2.19. The minimum Gasteiger partial charge on any atom is -0.444 e. The highest BCUT2D eigenvalue weighted by molar-refractivity contribution is 5.67. The third kappa shape index (κ3) is 6.03. The standard InChI is InChI=1S/C17H27NO4/c1-7-21-15(20-6)14-10-8-13(9-11-14)12-18(5)16(19)22-17(2,3)4/h8-11,15H,7,12H2,1-6H3. The van der Waals surface area contributed by atoms with E-state index in [1.165, 1.54) is 0 Å². The number of benzene rings is 1. The van der Waals surface area contributed by atoms with Crippen molar-refractivity contribution >= 4 is 6.09 Å². The molecule has 1 aromatic rings. The molecule has 22 heavy (non-hydrogen) atoms. The Morgan fingerprint density at radius 1 is 1.23 bits per heavy atom. The first kappa shape index (κ1) is 18.5. The topological polar surface area (TPSA) is 48.0 Å². The number of methoxy groups -OCH3 is 1. The van der Waals surface area contributed by atoms with Crippen molar-refractivity contribution in [1.82, 2.24) is 4.90 Å². The van der Waals surface area contributed by atoms with Gasteiger partial charge in [-0.05, 0) is 33.3 Å². The Labute approximate surface area is 133 Å². The second-order valence-corrected chi connectivity index (χ2v) is 6.10. The largest absolute Gasteiger partial charge is 0.444 e. The Morgan fingerprint density at radius 2 is 1.82 bits per heavy atom. The van der Waals surface area contributed by atoms with Gasteiger partial charge in [0.1, 0.15) is 5.60 Å². The van der Waals surface area contributed by atoms with Crippen molar-refractivity contribution in [3.63, 3.8) is 0 Å². The summed E-state index contributed by atoms with van der Waals surface area (Å²) in [5, 5.41) is 0. The third-order valence-corrected chi connectivity index (χ3v) is 2.91. The average molecular weight is 309 g/mol. The minimum absolute atomic E-state index is 0.333. The SMILES string of the molecule is CCOC(OC)c1ccc(CN(C)C(=O)OC(C)(C)C)cc1. The van der Waals surface area contributed by atoms with Crippen molar-refractivity contribution in [1.29, 1.82) is 0 Å². The number of carbonyl (C=O) groups excluding carboxylic acids is 1. The zero-order valence-electron chi connectivity index (χ0n) is 14.4. The first-order valence-corrected chi connectivity index (χ1v) is 7.44. The van der Waals surface area contributed by atoms with Crippen molar-refractivity contribution in [2.45, 2.75) is 46.1 Å². The monoisotopic (exact) mass is 309 g/mol. The normalized spacial score (nSPS) is 12.8. The van der Waals surface area contributed by atoms with Crippen molar-refractivity contribution in [3.05, 3.63) is 35.4 Å². The molecule has 0 N–H and O–H groups in total. The second kappa shape index (κ2) is 8.15. The van der Waals surface area contributed by atoms with E-state index in [1.807, 2.05) is 52.0 Å². The van der Waals surface area contributed by atoms with Crippen LogP contribution in [0.25, 0.3) is 0 Å². The van der Waals surface area contributed by atoms with Crippen molar-refractivity contribution in [2.24, 2.45) is 0 Å². The Balaban J connectivity index is 2.65. The molecule has 1 rings (SSSR count). The van der Waals surface area contributed by atoms with Gasteiger partial charge in [-0.25, -0.2) is 4.79 Å². The molecule has 1 aromatic carbocycles. The summed E-state index contributed by atoms with van der Waals surface area (Å²) in [6.45, 7) is 8.56. The average Bonchev–Trinajstić information content (AvgIpc) is 2.44. The van der Waals surface area contributed by atoms with Gasteiger partial charge in [0.25, 0.3) is 0 Å². The van der Waals surface area contributed by atoms with Crippen LogP contribution in [0.3, 0.4) is 0 Å². The molecule has 0 aliphatic heterocycles. The smallest absolute Gasteiger partial charge is 0.410 e. The number of carbonyl (C=O) groups is 1. The van der Waals surface area contributed by atoms with Crippen molar-refractivity contribution < 1.29 is 19.0 Å². The maximum absolute atomic E-state index is 11.9. The van der Waals surface area contributed by atoms with Gasteiger partial charge < -0.3 is 19.1 Å². The van der Waals surface area contributed by atoms with Crippen LogP contribution in [0, 0.1) is 0 Å². The van der Waals surface area contributed by atoms with Gasteiger partial charge in [0.05, 0.1) is 0 Å². The van der Waals surface area contributed by atoms with Crippen LogP contribution in [0.15, 0.2) is 24.3 Å². The maximum Gasteiger partial charge on any atom is 0.410 e. The fourth-order valence-corrected chi connectivity index (χ4v) is 1.91. The fraction of sp³-hybridized carbons (Fsp3) is 0.588. The molecule has 0 spiro atoms. The zero-order chi connectivity index (χ0) is 16.8. The highest BCUT2D eigenvalue weighted by Crippen LogP contribution is 2.19. The molecule has 0 radical (unpaired) electrons. The van der Waals surface area contributed by atoms with E-state index in [0.717, 1.165) is 11.1 Å². The lowest BCUT2D eigenvalue weighted by atomic mass is 10.1. The minimum atomic E-state index is -0.488. The maximum atomic E-state index is 11.9. The molecule has 0 bridgehead atoms. The van der Waals surface area contributed by atoms with Crippen LogP contribution in [0.2, 0.25) is 0 Å². The van der Waals surface area contributed by atoms with Gasteiger partial charge in [0.15, 0.2) is 6.29 Å². The van der Waals surface area contributed by atoms with E-state index in [2.05, 4.69) is 0 Å². The van der Waals surface area contributed by atoms with Crippen LogP contribution in [-0.4, -0.2) is 37.4 Å². The second-order valence-electron chi connectivity index (χ2n) is 6.10. The molecule has 0 aromatic heterocycles. The first-order chi connectivity index (χ1) is 10.3. The molecular weight excluding hydrogens is 282 g/mol. The number of amides is 1. The van der Waals surface area contributed by atoms with Crippen LogP contribution >= 0.6 is 0 Å². The summed E-state index contributed by atoms with van der Waals surface area (Å²) in [5.41, 5.74) is 1.48. The summed E-state index contributed by atoms with van der Waals surface area (Å²) in [6, 6.07) is 7.81. The van der Waals surface area contributed by atoms with E-state index in [-0.39, 0.29) is 12.4 Å². The highest BCUT2D eigenvalue weighted by atomic mass is 16.7. The third-order valence-electron chi connectivity index (χ3n) is 2.91. The lowest BCUT2D eigenvalue weighted by Gasteiger charge is -2.24. The molecule has 1 amide bonds. The number of rotatable bonds is 6. The quantitative estimate of drug-likeness (QED) is 0.751. The molecule has 0 heterocycles. The van der Waals surface area contributed by atoms with Gasteiger partial charge in [-0.3, -0.25) is 0 Å². The lowest BCUT2D eigenvalue weighted by molar-refractivity contribution is -0.124. The Kier molecular flexibility index (Phi) is 6.84. The molecule has 124 valence electrons. The lowest BCUT2D eigenvalue weighted by Crippen LogP contribution is -2.33. The summed E-state index contributed by atoms with van der Waals surface area (Å²) < 4.78 is 16.1. The summed E-state index contributed by atoms with van der Waals surface area (Å²) in [5.74, 6) is 0. The summed E-state index contributed by atoms with van der Waals surface area (Å²) >= 11 is 0. The van der Waals surface area contributed by atoms with Gasteiger partial charge in [0.2, 0.25) is 0 Å². The number of ether oxygens (including phenoxy) is 3. The van der Waals surface area contributed by atoms with Crippen LogP contribution < -0.4 is 0 Å². The molecular formula is C17H27NO4. The van der Waals surface area contributed by atoms with E-state index in [0.29, 0.717) is 13.2 Å². The summed E-state index contributed by atoms with van der Waals surface area (Å²) in [4.78, 5) is 13.5. The molecule has 0 fully saturated rings. The van der Waals surface area contributed by atoms with E-state index in [9.17, 15) is 4.79 Å². The molecule has 1 unspecified atom stereocenters. The molecule has 0 aliphatic carbocycles. The Morgan fingerprint density at radius 3 is 2.27 bits per heavy atom. The number of hydrogen-bond acceptors (Lipinski definition) is 4. The van der Waals surface area contributed by atoms with Gasteiger partial charge in [-0.2, -0.15) is 0 Å². The van der Waals surface area contributed by atoms with Crippen molar-refractivity contribution in [2.75, 3.05) is 20.8 Å². The molecule has 0 saturated carbocycles. The van der Waals surface area contributed by atoms with E-state index < -0.39 is 5.60 Å². The van der Waals surface area contributed by atoms with Gasteiger partial charge in [0, 0.05) is 32.9 Å². The molecule has 1 atom stereocenters. The van der Waals surface area contributed by atoms with Crippen LogP contribution in [0.1, 0.15) is 45.1 Å². The van der Waals surface area contributed by atoms with Crippen LogP contribution in [0.5, 0.6) is 0 Å². The van der Waals surface area contributed by atoms with E-state index in [1.54, 1.807) is 19.1 Å². The number of hydrogen-bond donors (Lipinski definition) is 0.